The average molecular weight is 381 g/mol. The van der Waals surface area contributed by atoms with Gasteiger partial charge in [-0.1, -0.05) is 0 Å². The minimum absolute atomic E-state index is 0.0315. The molecule has 2 heterocycles. The van der Waals surface area contributed by atoms with Gasteiger partial charge in [-0.3, -0.25) is 14.5 Å². The van der Waals surface area contributed by atoms with Crippen LogP contribution in [0.5, 0.6) is 5.75 Å². The first-order valence-corrected chi connectivity index (χ1v) is 9.37. The summed E-state index contributed by atoms with van der Waals surface area (Å²) in [6.45, 7) is 1.81. The predicted molar refractivity (Wildman–Crippen MR) is 95.8 cm³/mol. The number of hydrogen-bond donors (Lipinski definition) is 0. The summed E-state index contributed by atoms with van der Waals surface area (Å²) in [4.78, 5) is 30.7. The molecule has 0 radical (unpaired) electrons. The van der Waals surface area contributed by atoms with Gasteiger partial charge < -0.3 is 14.5 Å². The lowest BCUT2D eigenvalue weighted by Crippen LogP contribution is -2.41. The number of likely N-dealkylation sites (tertiary alicyclic amines) is 1. The number of hydrogen-bond acceptors (Lipinski definition) is 4. The summed E-state index contributed by atoms with van der Waals surface area (Å²) in [6, 6.07) is 5.75. The first-order valence-electron chi connectivity index (χ1n) is 9.37. The van der Waals surface area contributed by atoms with Crippen molar-refractivity contribution in [2.75, 3.05) is 45.8 Å². The molecule has 0 aromatic heterocycles. The molecule has 0 aliphatic carbocycles. The van der Waals surface area contributed by atoms with Crippen molar-refractivity contribution in [2.24, 2.45) is 0 Å². The molecule has 8 heteroatoms. The monoisotopic (exact) mass is 381 g/mol. The Kier molecular flexibility index (Phi) is 6.60. The van der Waals surface area contributed by atoms with Crippen LogP contribution in [0.1, 0.15) is 29.6 Å². The zero-order valence-corrected chi connectivity index (χ0v) is 15.3. The van der Waals surface area contributed by atoms with Crippen molar-refractivity contribution in [2.45, 2.75) is 25.9 Å². The van der Waals surface area contributed by atoms with Crippen molar-refractivity contribution in [1.29, 1.82) is 0 Å². The third-order valence-corrected chi connectivity index (χ3v) is 5.02. The number of carbonyl (C=O) groups excluding carboxylic acids is 2. The van der Waals surface area contributed by atoms with Crippen LogP contribution in [0.4, 0.5) is 8.78 Å². The van der Waals surface area contributed by atoms with E-state index in [4.69, 9.17) is 0 Å². The fraction of sp³-hybridized carbons (Fsp3) is 0.579. The van der Waals surface area contributed by atoms with E-state index in [-0.39, 0.29) is 17.6 Å². The van der Waals surface area contributed by atoms with Gasteiger partial charge in [0.25, 0.3) is 5.91 Å². The van der Waals surface area contributed by atoms with Crippen LogP contribution in [0.25, 0.3) is 0 Å². The largest absolute Gasteiger partial charge is 0.435 e. The summed E-state index contributed by atoms with van der Waals surface area (Å²) in [5.41, 5.74) is 0.443. The Morgan fingerprint density at radius 2 is 1.56 bits per heavy atom. The van der Waals surface area contributed by atoms with Crippen LogP contribution >= 0.6 is 0 Å². The predicted octanol–water partition coefficient (Wildman–Crippen LogP) is 2.06. The zero-order valence-electron chi connectivity index (χ0n) is 15.3. The summed E-state index contributed by atoms with van der Waals surface area (Å²) in [5.74, 6) is 0.0669. The van der Waals surface area contributed by atoms with E-state index in [1.165, 1.54) is 24.3 Å². The topological polar surface area (TPSA) is 53.1 Å². The molecule has 2 saturated heterocycles. The third kappa shape index (κ3) is 5.38. The normalized spacial score (nSPS) is 18.6. The van der Waals surface area contributed by atoms with Gasteiger partial charge in [0.1, 0.15) is 5.75 Å². The van der Waals surface area contributed by atoms with Crippen LogP contribution < -0.4 is 4.74 Å². The highest BCUT2D eigenvalue weighted by molar-refractivity contribution is 5.94. The van der Waals surface area contributed by atoms with Crippen LogP contribution in [-0.2, 0) is 4.79 Å². The van der Waals surface area contributed by atoms with E-state index in [1.807, 2.05) is 4.90 Å². The zero-order chi connectivity index (χ0) is 19.2. The average Bonchev–Trinajstić information content (AvgIpc) is 3.09. The van der Waals surface area contributed by atoms with E-state index in [1.54, 1.807) is 4.90 Å². The van der Waals surface area contributed by atoms with Crippen molar-refractivity contribution in [3.8, 4) is 5.75 Å². The summed E-state index contributed by atoms with van der Waals surface area (Å²) in [7, 11) is 0. The minimum atomic E-state index is -2.88. The third-order valence-electron chi connectivity index (χ3n) is 5.02. The van der Waals surface area contributed by atoms with Gasteiger partial charge in [0, 0.05) is 44.8 Å². The van der Waals surface area contributed by atoms with E-state index >= 15 is 0 Å². The lowest BCUT2D eigenvalue weighted by Gasteiger charge is -2.24. The Bertz CT molecular complexity index is 648. The standard InChI is InChI=1S/C19H25F2N3O3/c20-19(21)27-16-6-4-15(5-7-16)18(26)24-11-3-8-22(12-13-24)14-17(25)23-9-1-2-10-23/h4-7,19H,1-3,8-14H2. The quantitative estimate of drug-likeness (QED) is 0.784. The highest BCUT2D eigenvalue weighted by Crippen LogP contribution is 2.17. The molecular formula is C19H25F2N3O3. The number of carbonyl (C=O) groups is 2. The second-order valence-electron chi connectivity index (χ2n) is 6.91. The van der Waals surface area contributed by atoms with Crippen LogP contribution in [0.2, 0.25) is 0 Å². The van der Waals surface area contributed by atoms with E-state index < -0.39 is 6.61 Å². The van der Waals surface area contributed by atoms with Gasteiger partial charge in [0.2, 0.25) is 5.91 Å². The fourth-order valence-corrected chi connectivity index (χ4v) is 3.55. The highest BCUT2D eigenvalue weighted by Gasteiger charge is 2.24. The summed E-state index contributed by atoms with van der Waals surface area (Å²) < 4.78 is 28.7. The van der Waals surface area contributed by atoms with Gasteiger partial charge in [-0.25, -0.2) is 0 Å². The first-order chi connectivity index (χ1) is 13.0. The number of amides is 2. The molecule has 0 N–H and O–H groups in total. The Balaban J connectivity index is 1.52. The smallest absolute Gasteiger partial charge is 0.387 e. The molecule has 0 atom stereocenters. The molecule has 3 rings (SSSR count). The second-order valence-corrected chi connectivity index (χ2v) is 6.91. The van der Waals surface area contributed by atoms with Crippen molar-refractivity contribution < 1.29 is 23.1 Å². The van der Waals surface area contributed by atoms with Gasteiger partial charge in [-0.2, -0.15) is 8.78 Å². The number of rotatable bonds is 5. The lowest BCUT2D eigenvalue weighted by molar-refractivity contribution is -0.131. The molecule has 6 nitrogen and oxygen atoms in total. The maximum atomic E-state index is 12.7. The maximum absolute atomic E-state index is 12.7. The molecule has 1 aromatic carbocycles. The fourth-order valence-electron chi connectivity index (χ4n) is 3.55. The number of nitrogens with zero attached hydrogens (tertiary/aromatic N) is 3. The highest BCUT2D eigenvalue weighted by atomic mass is 19.3. The van der Waals surface area contributed by atoms with Crippen molar-refractivity contribution >= 4 is 11.8 Å². The van der Waals surface area contributed by atoms with E-state index in [2.05, 4.69) is 9.64 Å². The molecule has 2 aliphatic rings. The van der Waals surface area contributed by atoms with E-state index in [0.717, 1.165) is 38.9 Å². The van der Waals surface area contributed by atoms with Crippen LogP contribution in [0, 0.1) is 0 Å². The molecule has 27 heavy (non-hydrogen) atoms. The summed E-state index contributed by atoms with van der Waals surface area (Å²) >= 11 is 0. The van der Waals surface area contributed by atoms with E-state index in [9.17, 15) is 18.4 Å². The molecular weight excluding hydrogens is 356 g/mol. The molecule has 0 saturated carbocycles. The van der Waals surface area contributed by atoms with E-state index in [0.29, 0.717) is 31.7 Å². The van der Waals surface area contributed by atoms with Gasteiger partial charge in [-0.05, 0) is 43.5 Å². The molecule has 2 aliphatic heterocycles. The Morgan fingerprint density at radius 3 is 2.22 bits per heavy atom. The number of benzene rings is 1. The van der Waals surface area contributed by atoms with Gasteiger partial charge in [0.15, 0.2) is 0 Å². The maximum Gasteiger partial charge on any atom is 0.387 e. The second kappa shape index (κ2) is 9.12. The summed E-state index contributed by atoms with van der Waals surface area (Å²) in [5, 5.41) is 0. The van der Waals surface area contributed by atoms with Gasteiger partial charge in [0.05, 0.1) is 6.54 Å². The Morgan fingerprint density at radius 1 is 0.889 bits per heavy atom. The van der Waals surface area contributed by atoms with Crippen LogP contribution in [-0.4, -0.2) is 78.9 Å². The lowest BCUT2D eigenvalue weighted by atomic mass is 10.2. The van der Waals surface area contributed by atoms with Crippen molar-refractivity contribution in [1.82, 2.24) is 14.7 Å². The van der Waals surface area contributed by atoms with Crippen molar-refractivity contribution in [3.63, 3.8) is 0 Å². The molecule has 2 fully saturated rings. The Hall–Kier alpha value is -2.22. The van der Waals surface area contributed by atoms with Crippen LogP contribution in [0.15, 0.2) is 24.3 Å². The molecule has 148 valence electrons. The molecule has 1 aromatic rings. The number of alkyl halides is 2. The first kappa shape index (κ1) is 19.5. The number of halogens is 2. The van der Waals surface area contributed by atoms with Crippen molar-refractivity contribution in [3.05, 3.63) is 29.8 Å². The Labute approximate surface area is 157 Å². The molecule has 2 amide bonds. The van der Waals surface area contributed by atoms with Gasteiger partial charge >= 0.3 is 6.61 Å². The SMILES string of the molecule is O=C(CN1CCCN(C(=O)c2ccc(OC(F)F)cc2)CC1)N1CCCC1. The molecule has 0 spiro atoms. The number of ether oxygens (including phenoxy) is 1. The molecule has 0 unspecified atom stereocenters. The van der Waals surface area contributed by atoms with Crippen LogP contribution in [0.3, 0.4) is 0 Å². The summed E-state index contributed by atoms with van der Waals surface area (Å²) in [6.07, 6.45) is 2.95. The molecule has 0 bridgehead atoms. The minimum Gasteiger partial charge on any atom is -0.435 e. The van der Waals surface area contributed by atoms with Gasteiger partial charge in [-0.15, -0.1) is 0 Å².